The normalized spacial score (nSPS) is 18.1. The van der Waals surface area contributed by atoms with Gasteiger partial charge in [-0.25, -0.2) is 0 Å². The number of H-pyrrole nitrogens is 1. The van der Waals surface area contributed by atoms with E-state index in [9.17, 15) is 4.55 Å². The van der Waals surface area contributed by atoms with E-state index in [-0.39, 0.29) is 0 Å². The van der Waals surface area contributed by atoms with Crippen molar-refractivity contribution in [2.75, 3.05) is 19.4 Å². The fraction of sp³-hybridized carbons (Fsp3) is 0.304. The highest BCUT2D eigenvalue weighted by molar-refractivity contribution is 7.90. The maximum atomic E-state index is 12.7. The van der Waals surface area contributed by atoms with E-state index in [0.29, 0.717) is 17.5 Å². The Morgan fingerprint density at radius 3 is 2.96 bits per heavy atom. The lowest BCUT2D eigenvalue weighted by Gasteiger charge is -2.25. The molecule has 0 fully saturated rings. The molecule has 2 unspecified atom stereocenters. The summed E-state index contributed by atoms with van der Waals surface area (Å²) in [4.78, 5) is 3.27. The van der Waals surface area contributed by atoms with E-state index in [1.54, 1.807) is 7.11 Å². The van der Waals surface area contributed by atoms with E-state index in [2.05, 4.69) is 40.6 Å². The summed E-state index contributed by atoms with van der Waals surface area (Å²) >= 11 is -0.867. The van der Waals surface area contributed by atoms with Crippen molar-refractivity contribution in [1.82, 2.24) is 10.3 Å². The number of hydrogen-bond acceptors (Lipinski definition) is 3. The van der Waals surface area contributed by atoms with Crippen LogP contribution in [0.2, 0.25) is 0 Å². The largest absolute Gasteiger partial charge is 0.616 e. The zero-order valence-electron chi connectivity index (χ0n) is 16.1. The number of rotatable bonds is 7. The number of aromatic amines is 1. The highest BCUT2D eigenvalue weighted by atomic mass is 32.2. The van der Waals surface area contributed by atoms with E-state index in [4.69, 9.17) is 4.74 Å². The lowest BCUT2D eigenvalue weighted by Crippen LogP contribution is -2.34. The molecule has 2 heterocycles. The molecule has 1 aliphatic rings. The first-order valence-corrected chi connectivity index (χ1v) is 11.2. The van der Waals surface area contributed by atoms with Gasteiger partial charge in [-0.2, -0.15) is 0 Å². The van der Waals surface area contributed by atoms with Gasteiger partial charge in [0.2, 0.25) is 0 Å². The number of nitrogens with one attached hydrogen (secondary N) is 2. The molecule has 146 valence electrons. The van der Waals surface area contributed by atoms with Crippen LogP contribution < -0.4 is 10.1 Å². The minimum Gasteiger partial charge on any atom is -0.616 e. The molecule has 0 amide bonds. The van der Waals surface area contributed by atoms with Gasteiger partial charge >= 0.3 is 0 Å². The summed E-state index contributed by atoms with van der Waals surface area (Å²) in [6.45, 7) is 0.853. The Balaban J connectivity index is 1.33. The zero-order chi connectivity index (χ0) is 19.3. The number of fused-ring (bicyclic) bond motifs is 1. The summed E-state index contributed by atoms with van der Waals surface area (Å²) < 4.78 is 18.0. The summed E-state index contributed by atoms with van der Waals surface area (Å²) in [5.74, 6) is 2.20. The van der Waals surface area contributed by atoms with Gasteiger partial charge < -0.3 is 19.6 Å². The van der Waals surface area contributed by atoms with Crippen molar-refractivity contribution in [3.8, 4) is 5.75 Å². The molecular formula is C23H26N2O2S. The molecule has 0 saturated heterocycles. The minimum atomic E-state index is -0.867. The molecule has 0 bridgehead atoms. The van der Waals surface area contributed by atoms with Crippen LogP contribution in [0.3, 0.4) is 0 Å². The van der Waals surface area contributed by atoms with Crippen molar-refractivity contribution in [2.45, 2.75) is 24.6 Å². The Labute approximate surface area is 169 Å². The summed E-state index contributed by atoms with van der Waals surface area (Å²) in [6.07, 6.45) is 6.10. The predicted octanol–water partition coefficient (Wildman–Crippen LogP) is 4.26. The Bertz CT molecular complexity index is 966. The van der Waals surface area contributed by atoms with Crippen LogP contribution in [0.15, 0.2) is 60.8 Å². The SMILES string of the molecule is COc1cccc(C2=CCNC(CC[S+]([O-])Cc3c[nH]c4ccccc34)C2)c1. The fourth-order valence-electron chi connectivity index (χ4n) is 3.80. The van der Waals surface area contributed by atoms with Crippen LogP contribution in [-0.2, 0) is 16.9 Å². The summed E-state index contributed by atoms with van der Waals surface area (Å²) in [5.41, 5.74) is 4.80. The van der Waals surface area contributed by atoms with Gasteiger partial charge in [-0.15, -0.1) is 0 Å². The quantitative estimate of drug-likeness (QED) is 0.589. The fourth-order valence-corrected chi connectivity index (χ4v) is 5.08. The van der Waals surface area contributed by atoms with Gasteiger partial charge in [0.05, 0.1) is 7.11 Å². The molecule has 3 aromatic rings. The molecule has 0 aliphatic carbocycles. The number of ether oxygens (including phenoxy) is 1. The molecule has 0 radical (unpaired) electrons. The van der Waals surface area contributed by atoms with Crippen molar-refractivity contribution in [3.05, 3.63) is 71.9 Å². The molecule has 2 aromatic carbocycles. The van der Waals surface area contributed by atoms with Gasteiger partial charge in [0.15, 0.2) is 0 Å². The molecule has 28 heavy (non-hydrogen) atoms. The van der Waals surface area contributed by atoms with Crippen LogP contribution in [0.5, 0.6) is 5.75 Å². The summed E-state index contributed by atoms with van der Waals surface area (Å²) in [6, 6.07) is 16.8. The van der Waals surface area contributed by atoms with Gasteiger partial charge in [0.25, 0.3) is 0 Å². The first-order chi connectivity index (χ1) is 13.7. The lowest BCUT2D eigenvalue weighted by atomic mass is 9.94. The first kappa shape index (κ1) is 19.1. The second kappa shape index (κ2) is 8.86. The summed E-state index contributed by atoms with van der Waals surface area (Å²) in [7, 11) is 1.70. The zero-order valence-corrected chi connectivity index (χ0v) is 16.9. The van der Waals surface area contributed by atoms with Crippen molar-refractivity contribution >= 4 is 27.7 Å². The molecule has 2 atom stereocenters. The average molecular weight is 395 g/mol. The second-order valence-electron chi connectivity index (χ2n) is 7.21. The third kappa shape index (κ3) is 4.43. The maximum Gasteiger partial charge on any atom is 0.132 e. The Morgan fingerprint density at radius 2 is 2.07 bits per heavy atom. The standard InChI is InChI=1S/C23H26N2O2S/c1-27-21-6-4-5-17(14-21)18-9-11-24-20(13-18)10-12-28(26)16-19-15-25-23-8-3-2-7-22(19)23/h2-9,14-15,20,24-25H,10-13,16H2,1H3. The Hall–Kier alpha value is -2.21. The maximum absolute atomic E-state index is 12.7. The molecule has 0 spiro atoms. The van der Waals surface area contributed by atoms with Gasteiger partial charge in [-0.1, -0.05) is 36.4 Å². The van der Waals surface area contributed by atoms with Crippen LogP contribution >= 0.6 is 0 Å². The number of para-hydroxylation sites is 1. The smallest absolute Gasteiger partial charge is 0.132 e. The third-order valence-electron chi connectivity index (χ3n) is 5.35. The number of hydrogen-bond donors (Lipinski definition) is 2. The van der Waals surface area contributed by atoms with Crippen molar-refractivity contribution in [2.24, 2.45) is 0 Å². The topological polar surface area (TPSA) is 60.1 Å². The number of benzene rings is 2. The van der Waals surface area contributed by atoms with E-state index in [1.165, 1.54) is 16.5 Å². The first-order valence-electron chi connectivity index (χ1n) is 9.70. The lowest BCUT2D eigenvalue weighted by molar-refractivity contribution is 0.414. The third-order valence-corrected chi connectivity index (χ3v) is 6.67. The van der Waals surface area contributed by atoms with E-state index >= 15 is 0 Å². The molecular weight excluding hydrogens is 368 g/mol. The Morgan fingerprint density at radius 1 is 1.18 bits per heavy atom. The molecule has 0 saturated carbocycles. The molecule has 4 nitrogen and oxygen atoms in total. The monoisotopic (exact) mass is 394 g/mol. The van der Waals surface area contributed by atoms with E-state index in [0.717, 1.165) is 36.2 Å². The molecule has 4 rings (SSSR count). The predicted molar refractivity (Wildman–Crippen MR) is 117 cm³/mol. The van der Waals surface area contributed by atoms with Crippen LogP contribution in [0.1, 0.15) is 24.0 Å². The highest BCUT2D eigenvalue weighted by Crippen LogP contribution is 2.27. The van der Waals surface area contributed by atoms with Gasteiger partial charge in [-0.05, 0) is 46.9 Å². The van der Waals surface area contributed by atoms with Crippen LogP contribution in [0.25, 0.3) is 16.5 Å². The van der Waals surface area contributed by atoms with Crippen LogP contribution in [0.4, 0.5) is 0 Å². The van der Waals surface area contributed by atoms with Gasteiger partial charge in [0, 0.05) is 41.7 Å². The molecule has 2 N–H and O–H groups in total. The molecule has 5 heteroatoms. The van der Waals surface area contributed by atoms with Gasteiger partial charge in [0.1, 0.15) is 17.3 Å². The highest BCUT2D eigenvalue weighted by Gasteiger charge is 2.19. The number of aromatic nitrogens is 1. The van der Waals surface area contributed by atoms with Crippen LogP contribution in [-0.4, -0.2) is 35.0 Å². The van der Waals surface area contributed by atoms with E-state index in [1.807, 2.05) is 30.5 Å². The van der Waals surface area contributed by atoms with Gasteiger partial charge in [-0.3, -0.25) is 0 Å². The average Bonchev–Trinajstić information content (AvgIpc) is 3.15. The van der Waals surface area contributed by atoms with Crippen molar-refractivity contribution < 1.29 is 9.29 Å². The molecule has 1 aromatic heterocycles. The minimum absolute atomic E-state index is 0.359. The Kier molecular flexibility index (Phi) is 6.05. The second-order valence-corrected chi connectivity index (χ2v) is 8.78. The summed E-state index contributed by atoms with van der Waals surface area (Å²) in [5, 5.41) is 4.72. The van der Waals surface area contributed by atoms with E-state index < -0.39 is 11.2 Å². The van der Waals surface area contributed by atoms with Crippen molar-refractivity contribution in [1.29, 1.82) is 0 Å². The van der Waals surface area contributed by atoms with Crippen LogP contribution in [0, 0.1) is 0 Å². The van der Waals surface area contributed by atoms with Crippen molar-refractivity contribution in [3.63, 3.8) is 0 Å². The number of methoxy groups -OCH3 is 1. The molecule has 1 aliphatic heterocycles.